The Morgan fingerprint density at radius 2 is 2.22 bits per heavy atom. The van der Waals surface area contributed by atoms with Gasteiger partial charge in [-0.2, -0.15) is 0 Å². The number of nitrogens with zero attached hydrogens (tertiary/aromatic N) is 1. The third-order valence-corrected chi connectivity index (χ3v) is 4.05. The third kappa shape index (κ3) is 4.92. The van der Waals surface area contributed by atoms with Crippen LogP contribution in [0.4, 0.5) is 4.39 Å². The Bertz CT molecular complexity index is 562. The molecule has 0 radical (unpaired) electrons. The van der Waals surface area contributed by atoms with Gasteiger partial charge in [-0.1, -0.05) is 23.2 Å². The van der Waals surface area contributed by atoms with Crippen molar-refractivity contribution in [2.24, 2.45) is 5.73 Å². The molecule has 1 aliphatic heterocycles. The first-order chi connectivity index (χ1) is 10.4. The van der Waals surface area contributed by atoms with Gasteiger partial charge < -0.3 is 20.1 Å². The van der Waals surface area contributed by atoms with E-state index in [4.69, 9.17) is 38.4 Å². The van der Waals surface area contributed by atoms with Gasteiger partial charge >= 0.3 is 0 Å². The zero-order valence-electron chi connectivity index (χ0n) is 12.4. The predicted octanol–water partition coefficient (Wildman–Crippen LogP) is 2.43. The molecule has 1 aromatic carbocycles. The van der Waals surface area contributed by atoms with Gasteiger partial charge in [-0.15, -0.1) is 12.4 Å². The van der Waals surface area contributed by atoms with Crippen molar-refractivity contribution in [2.75, 3.05) is 33.4 Å². The second kappa shape index (κ2) is 9.01. The molecule has 1 heterocycles. The Morgan fingerprint density at radius 3 is 2.87 bits per heavy atom. The average molecular weight is 388 g/mol. The molecule has 2 N–H and O–H groups in total. The van der Waals surface area contributed by atoms with Crippen molar-refractivity contribution in [1.82, 2.24) is 4.90 Å². The van der Waals surface area contributed by atoms with Crippen molar-refractivity contribution >= 4 is 41.5 Å². The zero-order chi connectivity index (χ0) is 16.3. The van der Waals surface area contributed by atoms with Gasteiger partial charge in [0.05, 0.1) is 24.8 Å². The SMILES string of the molecule is COCC(N)C(=O)N1CCOC(c2cc(F)c(Cl)cc2Cl)C1.Cl. The maximum Gasteiger partial charge on any atom is 0.242 e. The first-order valence-corrected chi connectivity index (χ1v) is 7.49. The summed E-state index contributed by atoms with van der Waals surface area (Å²) in [6.07, 6.45) is -0.522. The minimum absolute atomic E-state index is 0. The Kier molecular flexibility index (Phi) is 8.00. The summed E-state index contributed by atoms with van der Waals surface area (Å²) in [5.41, 5.74) is 6.22. The number of carbonyl (C=O) groups is 1. The summed E-state index contributed by atoms with van der Waals surface area (Å²) in [5, 5.41) is 0.242. The van der Waals surface area contributed by atoms with Crippen molar-refractivity contribution in [3.05, 3.63) is 33.6 Å². The molecule has 0 saturated carbocycles. The molecule has 2 rings (SSSR count). The summed E-state index contributed by atoms with van der Waals surface area (Å²) in [6, 6.07) is 1.83. The van der Waals surface area contributed by atoms with Crippen LogP contribution in [0.5, 0.6) is 0 Å². The van der Waals surface area contributed by atoms with E-state index in [1.54, 1.807) is 4.90 Å². The minimum Gasteiger partial charge on any atom is -0.383 e. The minimum atomic E-state index is -0.735. The Labute approximate surface area is 150 Å². The summed E-state index contributed by atoms with van der Waals surface area (Å²) < 4.78 is 24.1. The second-order valence-electron chi connectivity index (χ2n) is 4.99. The second-order valence-corrected chi connectivity index (χ2v) is 5.81. The van der Waals surface area contributed by atoms with E-state index in [1.807, 2.05) is 0 Å². The quantitative estimate of drug-likeness (QED) is 0.806. The Balaban J connectivity index is 0.00000264. The fourth-order valence-corrected chi connectivity index (χ4v) is 2.81. The molecule has 0 aromatic heterocycles. The number of ether oxygens (including phenoxy) is 2. The highest BCUT2D eigenvalue weighted by Gasteiger charge is 2.30. The van der Waals surface area contributed by atoms with Crippen LogP contribution in [-0.2, 0) is 14.3 Å². The number of amides is 1. The van der Waals surface area contributed by atoms with Crippen molar-refractivity contribution in [3.63, 3.8) is 0 Å². The molecular formula is C14H18Cl3FN2O3. The van der Waals surface area contributed by atoms with Crippen LogP contribution >= 0.6 is 35.6 Å². The first-order valence-electron chi connectivity index (χ1n) is 6.73. The molecule has 1 fully saturated rings. The Hall–Kier alpha value is -0.630. The number of carbonyl (C=O) groups excluding carboxylic acids is 1. The van der Waals surface area contributed by atoms with Crippen LogP contribution in [0.1, 0.15) is 11.7 Å². The van der Waals surface area contributed by atoms with Gasteiger partial charge in [0.2, 0.25) is 5.91 Å². The summed E-state index contributed by atoms with van der Waals surface area (Å²) in [5.74, 6) is -0.815. The molecule has 0 bridgehead atoms. The molecule has 1 aliphatic rings. The average Bonchev–Trinajstić information content (AvgIpc) is 2.50. The van der Waals surface area contributed by atoms with Gasteiger partial charge in [-0.05, 0) is 12.1 Å². The molecule has 23 heavy (non-hydrogen) atoms. The number of methoxy groups -OCH3 is 1. The predicted molar refractivity (Wildman–Crippen MR) is 88.8 cm³/mol. The van der Waals surface area contributed by atoms with Crippen molar-refractivity contribution in [1.29, 1.82) is 0 Å². The van der Waals surface area contributed by atoms with E-state index in [2.05, 4.69) is 0 Å². The van der Waals surface area contributed by atoms with Crippen LogP contribution in [-0.4, -0.2) is 50.3 Å². The van der Waals surface area contributed by atoms with Crippen LogP contribution in [0.3, 0.4) is 0 Å². The van der Waals surface area contributed by atoms with Crippen LogP contribution in [0, 0.1) is 5.82 Å². The van der Waals surface area contributed by atoms with E-state index in [9.17, 15) is 9.18 Å². The number of benzene rings is 1. The number of rotatable bonds is 4. The topological polar surface area (TPSA) is 64.8 Å². The van der Waals surface area contributed by atoms with Crippen LogP contribution in [0.2, 0.25) is 10.0 Å². The summed E-state index contributed by atoms with van der Waals surface area (Å²) >= 11 is 11.8. The van der Waals surface area contributed by atoms with Crippen molar-refractivity contribution in [2.45, 2.75) is 12.1 Å². The van der Waals surface area contributed by atoms with Crippen LogP contribution < -0.4 is 5.73 Å². The molecule has 2 unspecified atom stereocenters. The molecule has 1 saturated heterocycles. The number of hydrogen-bond acceptors (Lipinski definition) is 4. The summed E-state index contributed by atoms with van der Waals surface area (Å²) in [4.78, 5) is 13.8. The highest BCUT2D eigenvalue weighted by molar-refractivity contribution is 6.35. The van der Waals surface area contributed by atoms with E-state index >= 15 is 0 Å². The van der Waals surface area contributed by atoms with Gasteiger partial charge in [0, 0.05) is 24.2 Å². The van der Waals surface area contributed by atoms with Gasteiger partial charge in [-0.3, -0.25) is 4.79 Å². The molecule has 0 aliphatic carbocycles. The van der Waals surface area contributed by atoms with Crippen LogP contribution in [0.25, 0.3) is 0 Å². The lowest BCUT2D eigenvalue weighted by Gasteiger charge is -2.34. The standard InChI is InChI=1S/C14H17Cl2FN2O3.ClH/c1-21-7-12(18)14(20)19-2-3-22-13(6-19)8-4-11(17)10(16)5-9(8)15;/h4-5,12-13H,2-3,6-7,18H2,1H3;1H. The van der Waals surface area contributed by atoms with E-state index in [-0.39, 0.29) is 36.5 Å². The smallest absolute Gasteiger partial charge is 0.242 e. The number of morpholine rings is 1. The molecule has 1 amide bonds. The normalized spacial score (nSPS) is 19.2. The van der Waals surface area contributed by atoms with Gasteiger partial charge in [0.25, 0.3) is 0 Å². The molecule has 130 valence electrons. The first kappa shape index (κ1) is 20.4. The lowest BCUT2D eigenvalue weighted by atomic mass is 10.1. The van der Waals surface area contributed by atoms with E-state index in [0.717, 1.165) is 0 Å². The highest BCUT2D eigenvalue weighted by Crippen LogP contribution is 2.32. The van der Waals surface area contributed by atoms with E-state index in [0.29, 0.717) is 23.7 Å². The number of hydrogen-bond donors (Lipinski definition) is 1. The fraction of sp³-hybridized carbons (Fsp3) is 0.500. The Morgan fingerprint density at radius 1 is 1.52 bits per heavy atom. The maximum atomic E-state index is 13.6. The molecule has 9 heteroatoms. The van der Waals surface area contributed by atoms with Gasteiger partial charge in [0.15, 0.2) is 0 Å². The highest BCUT2D eigenvalue weighted by atomic mass is 35.5. The fourth-order valence-electron chi connectivity index (χ4n) is 2.31. The molecule has 2 atom stereocenters. The molecule has 5 nitrogen and oxygen atoms in total. The number of halogens is 4. The summed E-state index contributed by atoms with van der Waals surface area (Å²) in [6.45, 7) is 1.12. The number of nitrogens with two attached hydrogens (primary N) is 1. The summed E-state index contributed by atoms with van der Waals surface area (Å²) in [7, 11) is 1.48. The van der Waals surface area contributed by atoms with Gasteiger partial charge in [0.1, 0.15) is 18.0 Å². The van der Waals surface area contributed by atoms with E-state index < -0.39 is 18.0 Å². The molecule has 1 aromatic rings. The lowest BCUT2D eigenvalue weighted by Crippen LogP contribution is -2.50. The molecule has 0 spiro atoms. The van der Waals surface area contributed by atoms with Crippen LogP contribution in [0.15, 0.2) is 12.1 Å². The third-order valence-electron chi connectivity index (χ3n) is 3.43. The zero-order valence-corrected chi connectivity index (χ0v) is 14.8. The van der Waals surface area contributed by atoms with Gasteiger partial charge in [-0.25, -0.2) is 4.39 Å². The van der Waals surface area contributed by atoms with Crippen molar-refractivity contribution < 1.29 is 18.7 Å². The largest absolute Gasteiger partial charge is 0.383 e. The van der Waals surface area contributed by atoms with Crippen molar-refractivity contribution in [3.8, 4) is 0 Å². The monoisotopic (exact) mass is 386 g/mol. The lowest BCUT2D eigenvalue weighted by molar-refractivity contribution is -0.141. The van der Waals surface area contributed by atoms with E-state index in [1.165, 1.54) is 19.2 Å². The molecular weight excluding hydrogens is 370 g/mol. The maximum absolute atomic E-state index is 13.6.